The lowest BCUT2D eigenvalue weighted by molar-refractivity contribution is -0.139. The molecule has 20 heteroatoms. The van der Waals surface area contributed by atoms with Gasteiger partial charge in [0.05, 0.1) is 12.6 Å². The predicted molar refractivity (Wildman–Crippen MR) is 177 cm³/mol. The van der Waals surface area contributed by atoms with E-state index >= 15 is 0 Å². The summed E-state index contributed by atoms with van der Waals surface area (Å²) in [5, 5.41) is 41.0. The first-order valence-corrected chi connectivity index (χ1v) is 15.6. The number of fused-ring (bicyclic) bond motifs is 1. The number of aliphatic hydroxyl groups is 2. The van der Waals surface area contributed by atoms with Crippen LogP contribution < -0.4 is 38.2 Å². The van der Waals surface area contributed by atoms with Crippen LogP contribution in [0.4, 0.5) is 4.79 Å². The number of hydrogen-bond acceptors (Lipinski definition) is 11. The number of likely N-dealkylation sites (N-methyl/N-ethyl adjacent to an activating group) is 1. The second-order valence-electron chi connectivity index (χ2n) is 11.7. The molecule has 20 nitrogen and oxygen atoms in total. The number of carbonyl (C=O) groups is 5. The van der Waals surface area contributed by atoms with Gasteiger partial charge in [0.15, 0.2) is 0 Å². The largest absolute Gasteiger partial charge is 0.480 e. The summed E-state index contributed by atoms with van der Waals surface area (Å²) in [6.45, 7) is 2.29. The van der Waals surface area contributed by atoms with Crippen molar-refractivity contribution in [1.29, 1.82) is 0 Å². The molecule has 7 atom stereocenters. The van der Waals surface area contributed by atoms with E-state index in [0.29, 0.717) is 5.56 Å². The van der Waals surface area contributed by atoms with Crippen molar-refractivity contribution in [2.45, 2.75) is 62.9 Å². The number of aliphatic carboxylic acids is 1. The Hall–Kier alpha value is -5.99. The highest BCUT2D eigenvalue weighted by Crippen LogP contribution is 2.30. The van der Waals surface area contributed by atoms with Gasteiger partial charge in [0.2, 0.25) is 23.9 Å². The topological polar surface area (TPSA) is 303 Å². The molecule has 1 unspecified atom stereocenters. The highest BCUT2D eigenvalue weighted by atomic mass is 16.6. The molecule has 5 amide bonds. The quantitative estimate of drug-likeness (QED) is 0.0843. The Kier molecular flexibility index (Phi) is 12.0. The van der Waals surface area contributed by atoms with Crippen LogP contribution in [0.25, 0.3) is 10.9 Å². The van der Waals surface area contributed by atoms with Gasteiger partial charge in [-0.25, -0.2) is 14.4 Å². The van der Waals surface area contributed by atoms with Crippen LogP contribution >= 0.6 is 0 Å². The summed E-state index contributed by atoms with van der Waals surface area (Å²) in [6, 6.07) is 2.00. The minimum absolute atomic E-state index is 0.0676. The number of carboxylic acids is 1. The van der Waals surface area contributed by atoms with E-state index in [1.807, 2.05) is 17.1 Å². The smallest absolute Gasteiger partial charge is 0.331 e. The molecule has 0 saturated carbocycles. The van der Waals surface area contributed by atoms with E-state index in [1.165, 1.54) is 20.9 Å². The fraction of sp³-hybridized carbons (Fsp3) is 0.387. The molecule has 11 N–H and O–H groups in total. The van der Waals surface area contributed by atoms with Crippen LogP contribution in [-0.4, -0.2) is 114 Å². The molecule has 51 heavy (non-hydrogen) atoms. The number of nitrogens with one attached hydrogen (secondary N) is 6. The number of para-hydroxylation sites is 1. The predicted octanol–water partition coefficient (Wildman–Crippen LogP) is -3.10. The summed E-state index contributed by atoms with van der Waals surface area (Å²) in [6.07, 6.45) is -1.40. The number of aliphatic hydroxyl groups excluding tert-OH is 2. The molecule has 2 aromatic heterocycles. The van der Waals surface area contributed by atoms with Crippen LogP contribution in [0.2, 0.25) is 0 Å². The zero-order valence-electron chi connectivity index (χ0n) is 27.7. The number of urea groups is 1. The first-order chi connectivity index (χ1) is 24.1. The zero-order chi connectivity index (χ0) is 37.6. The molecule has 3 heterocycles. The molecule has 4 rings (SSSR count). The number of rotatable bonds is 13. The van der Waals surface area contributed by atoms with Gasteiger partial charge in [-0.1, -0.05) is 18.2 Å². The second kappa shape index (κ2) is 16.1. The number of ether oxygens (including phenoxy) is 1. The molecule has 1 aromatic carbocycles. The summed E-state index contributed by atoms with van der Waals surface area (Å²) in [4.78, 5) is 93.5. The van der Waals surface area contributed by atoms with Crippen LogP contribution in [0.15, 0.2) is 64.3 Å². The highest BCUT2D eigenvalue weighted by molar-refractivity contribution is 5.93. The SMILES string of the molecule is C[C@H](NC(=O)N[C@@H](Cc1c[nH]c2ccccc12)C(=O)O)C(=O)N[C@H](C(=O)N/C=C1\OC(n2ccc(=O)[nH]c2=O)[C@H](O)[C@@H]1O)[C@H](C)N(C)C(=O)CN. The van der Waals surface area contributed by atoms with Crippen LogP contribution in [0.3, 0.4) is 0 Å². The number of nitrogens with two attached hydrogens (primary N) is 1. The van der Waals surface area contributed by atoms with E-state index in [2.05, 4.69) is 26.3 Å². The van der Waals surface area contributed by atoms with Gasteiger partial charge >= 0.3 is 17.7 Å². The number of aromatic nitrogens is 3. The van der Waals surface area contributed by atoms with Crippen LogP contribution in [0.5, 0.6) is 0 Å². The zero-order valence-corrected chi connectivity index (χ0v) is 27.7. The number of nitrogens with zero attached hydrogens (tertiary/aromatic N) is 2. The molecule has 1 saturated heterocycles. The number of carbonyl (C=O) groups excluding carboxylic acids is 4. The lowest BCUT2D eigenvalue weighted by Gasteiger charge is -2.32. The molecular formula is C31H39N9O11. The Labute approximate surface area is 288 Å². The minimum atomic E-state index is -1.73. The van der Waals surface area contributed by atoms with Gasteiger partial charge in [-0.05, 0) is 25.5 Å². The summed E-state index contributed by atoms with van der Waals surface area (Å²) >= 11 is 0. The highest BCUT2D eigenvalue weighted by Gasteiger charge is 2.42. The second-order valence-corrected chi connectivity index (χ2v) is 11.7. The van der Waals surface area contributed by atoms with E-state index in [4.69, 9.17) is 10.5 Å². The molecule has 0 spiro atoms. The monoisotopic (exact) mass is 713 g/mol. The third-order valence-electron chi connectivity index (χ3n) is 8.33. The first-order valence-electron chi connectivity index (χ1n) is 15.6. The third kappa shape index (κ3) is 8.79. The first kappa shape index (κ1) is 37.8. The number of H-pyrrole nitrogens is 2. The number of hydrogen-bond donors (Lipinski definition) is 10. The van der Waals surface area contributed by atoms with Gasteiger partial charge in [0.1, 0.15) is 36.1 Å². The van der Waals surface area contributed by atoms with Crippen molar-refractivity contribution in [2.24, 2.45) is 5.73 Å². The van der Waals surface area contributed by atoms with Crippen molar-refractivity contribution in [3.8, 4) is 0 Å². The maximum Gasteiger partial charge on any atom is 0.331 e. The number of benzene rings is 1. The van der Waals surface area contributed by atoms with Crippen molar-refractivity contribution in [2.75, 3.05) is 13.6 Å². The molecule has 3 aromatic rings. The standard InChI is InChI=1S/C31H39N9O11/c1-14(35-30(49)36-19(29(47)48)10-16-12-33-18-7-5-4-6-17(16)18)26(45)38-23(15(2)39(3)22(42)11-32)27(46)34-13-20-24(43)25(44)28(51-20)40-9-8-21(41)37-31(40)50/h4-9,12-15,19,23-25,28,33,43-44H,10-11,32H2,1-3H3,(H,34,46)(H,38,45)(H,47,48)(H2,35,36,49)(H,37,41,50)/b20-13-/t14-,15-,19-,23-,24+,25+,28?/m0/s1. The molecule has 0 radical (unpaired) electrons. The van der Waals surface area contributed by atoms with Gasteiger partial charge in [0.25, 0.3) is 5.56 Å². The Morgan fingerprint density at radius 1 is 1.06 bits per heavy atom. The molecule has 0 bridgehead atoms. The summed E-state index contributed by atoms with van der Waals surface area (Å²) < 4.78 is 6.29. The van der Waals surface area contributed by atoms with Gasteiger partial charge in [-0.3, -0.25) is 28.7 Å². The van der Waals surface area contributed by atoms with Gasteiger partial charge in [0, 0.05) is 49.0 Å². The molecule has 0 aliphatic carbocycles. The van der Waals surface area contributed by atoms with Crippen molar-refractivity contribution < 1.29 is 44.0 Å². The average Bonchev–Trinajstić information content (AvgIpc) is 3.63. The van der Waals surface area contributed by atoms with Crippen molar-refractivity contribution in [3.63, 3.8) is 0 Å². The van der Waals surface area contributed by atoms with Gasteiger partial charge < -0.3 is 56.9 Å². The molecule has 274 valence electrons. The lowest BCUT2D eigenvalue weighted by Crippen LogP contribution is -2.61. The van der Waals surface area contributed by atoms with Crippen molar-refractivity contribution in [3.05, 3.63) is 81.1 Å². The van der Waals surface area contributed by atoms with E-state index in [0.717, 1.165) is 38.8 Å². The molecular weight excluding hydrogens is 674 g/mol. The fourth-order valence-electron chi connectivity index (χ4n) is 5.26. The summed E-state index contributed by atoms with van der Waals surface area (Å²) in [5.74, 6) is -4.11. The maximum atomic E-state index is 13.4. The van der Waals surface area contributed by atoms with Crippen molar-refractivity contribution in [1.82, 2.24) is 40.7 Å². The van der Waals surface area contributed by atoms with E-state index in [-0.39, 0.29) is 12.2 Å². The molecule has 1 fully saturated rings. The van der Waals surface area contributed by atoms with E-state index < -0.39 is 90.1 Å². The van der Waals surface area contributed by atoms with Crippen LogP contribution in [-0.2, 0) is 30.3 Å². The Balaban J connectivity index is 1.44. The van der Waals surface area contributed by atoms with Gasteiger partial charge in [-0.15, -0.1) is 0 Å². The Morgan fingerprint density at radius 3 is 2.43 bits per heavy atom. The third-order valence-corrected chi connectivity index (χ3v) is 8.33. The molecule has 1 aliphatic heterocycles. The fourth-order valence-corrected chi connectivity index (χ4v) is 5.26. The minimum Gasteiger partial charge on any atom is -0.480 e. The average molecular weight is 714 g/mol. The number of amides is 5. The van der Waals surface area contributed by atoms with Gasteiger partial charge in [-0.2, -0.15) is 0 Å². The van der Waals surface area contributed by atoms with Crippen molar-refractivity contribution >= 4 is 40.6 Å². The number of carboxylic acid groups (broad SMARTS) is 1. The van der Waals surface area contributed by atoms with E-state index in [1.54, 1.807) is 18.3 Å². The lowest BCUT2D eigenvalue weighted by atomic mass is 10.1. The van der Waals surface area contributed by atoms with Crippen LogP contribution in [0, 0.1) is 0 Å². The summed E-state index contributed by atoms with van der Waals surface area (Å²) in [7, 11) is 1.34. The Bertz CT molecular complexity index is 1940. The number of aromatic amines is 2. The van der Waals surface area contributed by atoms with E-state index in [9.17, 15) is 48.9 Å². The summed E-state index contributed by atoms with van der Waals surface area (Å²) in [5.41, 5.74) is 5.26. The molecule has 1 aliphatic rings. The Morgan fingerprint density at radius 2 is 1.76 bits per heavy atom. The maximum absolute atomic E-state index is 13.4. The normalized spacial score (nSPS) is 20.0. The van der Waals surface area contributed by atoms with Crippen LogP contribution in [0.1, 0.15) is 25.6 Å².